The average molecular weight is 402 g/mol. The normalized spacial score (nSPS) is 13.3. The van der Waals surface area contributed by atoms with Gasteiger partial charge in [0.1, 0.15) is 0 Å². The Morgan fingerprint density at radius 1 is 0.769 bits per heavy atom. The molecule has 0 saturated heterocycles. The second-order valence-corrected chi connectivity index (χ2v) is 8.41. The fourth-order valence-corrected chi connectivity index (χ4v) is 4.81. The summed E-state index contributed by atoms with van der Waals surface area (Å²) in [5.41, 5.74) is 9.52. The molecule has 0 amide bonds. The summed E-state index contributed by atoms with van der Waals surface area (Å²) < 4.78 is -0.282. The molecule has 3 aromatic carbocycles. The number of hydrogen-bond donors (Lipinski definition) is 1. The molecule has 1 atom stereocenters. The summed E-state index contributed by atoms with van der Waals surface area (Å²) in [6.45, 7) is 0.620. The van der Waals surface area contributed by atoms with Crippen LogP contribution >= 0.6 is 35.0 Å². The topological polar surface area (TPSA) is 26.0 Å². The predicted octanol–water partition coefficient (Wildman–Crippen LogP) is 6.17. The Morgan fingerprint density at radius 2 is 1.50 bits per heavy atom. The van der Waals surface area contributed by atoms with E-state index in [9.17, 15) is 0 Å². The smallest absolute Gasteiger partial charge is 0.0698 e. The van der Waals surface area contributed by atoms with Crippen molar-refractivity contribution in [3.8, 4) is 0 Å². The molecule has 0 aliphatic rings. The minimum absolute atomic E-state index is 0.282. The lowest BCUT2D eigenvalue weighted by atomic mass is 9.85. The standard InChI is InChI=1S/C22H21Cl2NS/c23-20-11-9-18(10-12-20)22(26-14-13-25,16-17-5-2-1-3-6-17)19-7-4-8-21(24)15-19/h1-12,15H,13-14,16,25H2. The molecule has 2 N–H and O–H groups in total. The first-order valence-corrected chi connectivity index (χ1v) is 10.3. The second kappa shape index (κ2) is 8.96. The third kappa shape index (κ3) is 4.44. The SMILES string of the molecule is NCCSC(Cc1ccccc1)(c1ccc(Cl)cc1)c1cccc(Cl)c1. The molecule has 4 heteroatoms. The molecule has 0 aliphatic carbocycles. The minimum Gasteiger partial charge on any atom is -0.330 e. The van der Waals surface area contributed by atoms with Gasteiger partial charge < -0.3 is 5.73 Å². The van der Waals surface area contributed by atoms with E-state index in [1.165, 1.54) is 16.7 Å². The minimum atomic E-state index is -0.282. The van der Waals surface area contributed by atoms with Crippen molar-refractivity contribution in [2.24, 2.45) is 5.73 Å². The number of hydrogen-bond acceptors (Lipinski definition) is 2. The number of nitrogens with two attached hydrogens (primary N) is 1. The molecular formula is C22H21Cl2NS. The van der Waals surface area contributed by atoms with Gasteiger partial charge in [-0.05, 0) is 47.4 Å². The molecule has 0 fully saturated rings. The molecule has 0 heterocycles. The highest BCUT2D eigenvalue weighted by Crippen LogP contribution is 2.46. The van der Waals surface area contributed by atoms with Crippen LogP contribution in [0.5, 0.6) is 0 Å². The lowest BCUT2D eigenvalue weighted by molar-refractivity contribution is 0.734. The third-order valence-electron chi connectivity index (χ3n) is 4.36. The number of benzene rings is 3. The molecule has 1 nitrogen and oxygen atoms in total. The zero-order valence-corrected chi connectivity index (χ0v) is 16.7. The zero-order chi connectivity index (χ0) is 18.4. The molecule has 0 radical (unpaired) electrons. The molecule has 3 rings (SSSR count). The highest BCUT2D eigenvalue weighted by molar-refractivity contribution is 8.00. The van der Waals surface area contributed by atoms with Crippen LogP contribution in [-0.2, 0) is 11.2 Å². The Balaban J connectivity index is 2.17. The van der Waals surface area contributed by atoms with Crippen LogP contribution < -0.4 is 5.73 Å². The van der Waals surface area contributed by atoms with E-state index < -0.39 is 0 Å². The maximum Gasteiger partial charge on any atom is 0.0698 e. The summed E-state index contributed by atoms with van der Waals surface area (Å²) >= 11 is 14.4. The average Bonchev–Trinajstić information content (AvgIpc) is 2.67. The van der Waals surface area contributed by atoms with Crippen molar-refractivity contribution in [2.75, 3.05) is 12.3 Å². The fraction of sp³-hybridized carbons (Fsp3) is 0.182. The van der Waals surface area contributed by atoms with Crippen LogP contribution in [0.4, 0.5) is 0 Å². The van der Waals surface area contributed by atoms with Crippen LogP contribution in [0.15, 0.2) is 78.9 Å². The Hall–Kier alpha value is -1.45. The molecular weight excluding hydrogens is 381 g/mol. The summed E-state index contributed by atoms with van der Waals surface area (Å²) in [6, 6.07) is 26.8. The van der Waals surface area contributed by atoms with Gasteiger partial charge in [-0.2, -0.15) is 0 Å². The Bertz CT molecular complexity index is 836. The monoisotopic (exact) mass is 401 g/mol. The first-order chi connectivity index (χ1) is 12.6. The molecule has 0 spiro atoms. The second-order valence-electron chi connectivity index (χ2n) is 6.14. The third-order valence-corrected chi connectivity index (χ3v) is 6.40. The Kier molecular flexibility index (Phi) is 6.66. The summed E-state index contributed by atoms with van der Waals surface area (Å²) in [7, 11) is 0. The summed E-state index contributed by atoms with van der Waals surface area (Å²) in [5.74, 6) is 0.849. The highest BCUT2D eigenvalue weighted by Gasteiger charge is 2.35. The van der Waals surface area contributed by atoms with Crippen molar-refractivity contribution in [1.29, 1.82) is 0 Å². The van der Waals surface area contributed by atoms with Crippen molar-refractivity contribution in [3.63, 3.8) is 0 Å². The molecule has 0 aliphatic heterocycles. The highest BCUT2D eigenvalue weighted by atomic mass is 35.5. The van der Waals surface area contributed by atoms with Gasteiger partial charge in [-0.3, -0.25) is 0 Å². The molecule has 0 bridgehead atoms. The van der Waals surface area contributed by atoms with Crippen LogP contribution in [0.1, 0.15) is 16.7 Å². The number of rotatable bonds is 7. The molecule has 0 saturated carbocycles. The van der Waals surface area contributed by atoms with Crippen LogP contribution in [0.2, 0.25) is 10.0 Å². The van der Waals surface area contributed by atoms with Crippen LogP contribution in [0, 0.1) is 0 Å². The summed E-state index contributed by atoms with van der Waals surface area (Å²) in [5, 5.41) is 1.47. The number of thioether (sulfide) groups is 1. The van der Waals surface area contributed by atoms with Crippen LogP contribution in [0.25, 0.3) is 0 Å². The quantitative estimate of drug-likeness (QED) is 0.511. The van der Waals surface area contributed by atoms with Crippen LogP contribution in [-0.4, -0.2) is 12.3 Å². The van der Waals surface area contributed by atoms with Gasteiger partial charge in [0.25, 0.3) is 0 Å². The predicted molar refractivity (Wildman–Crippen MR) is 115 cm³/mol. The Labute approximate surface area is 169 Å². The van der Waals surface area contributed by atoms with E-state index in [1.807, 2.05) is 42.1 Å². The van der Waals surface area contributed by atoms with E-state index in [-0.39, 0.29) is 4.75 Å². The van der Waals surface area contributed by atoms with Gasteiger partial charge in [0, 0.05) is 22.3 Å². The first-order valence-electron chi connectivity index (χ1n) is 8.54. The van der Waals surface area contributed by atoms with Gasteiger partial charge in [-0.25, -0.2) is 0 Å². The van der Waals surface area contributed by atoms with Crippen molar-refractivity contribution in [1.82, 2.24) is 0 Å². The van der Waals surface area contributed by atoms with Crippen molar-refractivity contribution >= 4 is 35.0 Å². The fourth-order valence-electron chi connectivity index (χ4n) is 3.16. The van der Waals surface area contributed by atoms with E-state index in [2.05, 4.69) is 48.5 Å². The molecule has 134 valence electrons. The lowest BCUT2D eigenvalue weighted by Crippen LogP contribution is -2.28. The van der Waals surface area contributed by atoms with Gasteiger partial charge in [-0.1, -0.05) is 77.8 Å². The Morgan fingerprint density at radius 3 is 2.15 bits per heavy atom. The summed E-state index contributed by atoms with van der Waals surface area (Å²) in [6.07, 6.45) is 0.848. The van der Waals surface area contributed by atoms with E-state index in [1.54, 1.807) is 0 Å². The van der Waals surface area contributed by atoms with Crippen LogP contribution in [0.3, 0.4) is 0 Å². The van der Waals surface area contributed by atoms with Gasteiger partial charge in [0.15, 0.2) is 0 Å². The summed E-state index contributed by atoms with van der Waals surface area (Å²) in [4.78, 5) is 0. The van der Waals surface area contributed by atoms with E-state index in [4.69, 9.17) is 28.9 Å². The van der Waals surface area contributed by atoms with E-state index in [0.29, 0.717) is 6.54 Å². The first kappa shape index (κ1) is 19.3. The van der Waals surface area contributed by atoms with Gasteiger partial charge in [0.05, 0.1) is 4.75 Å². The van der Waals surface area contributed by atoms with E-state index in [0.717, 1.165) is 22.2 Å². The molecule has 26 heavy (non-hydrogen) atoms. The van der Waals surface area contributed by atoms with E-state index >= 15 is 0 Å². The maximum atomic E-state index is 6.35. The molecule has 1 unspecified atom stereocenters. The maximum absolute atomic E-state index is 6.35. The van der Waals surface area contributed by atoms with Crippen molar-refractivity contribution in [3.05, 3.63) is 106 Å². The van der Waals surface area contributed by atoms with Gasteiger partial charge >= 0.3 is 0 Å². The van der Waals surface area contributed by atoms with Gasteiger partial charge in [0.2, 0.25) is 0 Å². The molecule has 3 aromatic rings. The van der Waals surface area contributed by atoms with Crippen molar-refractivity contribution < 1.29 is 0 Å². The molecule has 0 aromatic heterocycles. The van der Waals surface area contributed by atoms with Crippen molar-refractivity contribution in [2.45, 2.75) is 11.2 Å². The zero-order valence-electron chi connectivity index (χ0n) is 14.4. The largest absolute Gasteiger partial charge is 0.330 e. The number of halogens is 2. The van der Waals surface area contributed by atoms with Gasteiger partial charge in [-0.15, -0.1) is 11.8 Å². The lowest BCUT2D eigenvalue weighted by Gasteiger charge is -2.35.